The van der Waals surface area contributed by atoms with Crippen molar-refractivity contribution in [1.29, 1.82) is 5.41 Å². The van der Waals surface area contributed by atoms with Gasteiger partial charge < -0.3 is 14.8 Å². The van der Waals surface area contributed by atoms with Crippen molar-refractivity contribution in [2.24, 2.45) is 4.99 Å². The van der Waals surface area contributed by atoms with Crippen molar-refractivity contribution in [1.82, 2.24) is 3.96 Å². The van der Waals surface area contributed by atoms with Crippen LogP contribution in [0.15, 0.2) is 47.5 Å². The molecular weight excluding hydrogens is 427 g/mol. The molecule has 6 nitrogen and oxygen atoms in total. The van der Waals surface area contributed by atoms with E-state index in [1.807, 2.05) is 25.1 Å². The first kappa shape index (κ1) is 21.9. The number of aryl methyl sites for hydroxylation is 1. The van der Waals surface area contributed by atoms with Crippen molar-refractivity contribution in [2.75, 3.05) is 26.1 Å². The first-order valence-electron chi connectivity index (χ1n) is 9.13. The lowest BCUT2D eigenvalue weighted by Gasteiger charge is -2.12. The molecule has 0 fully saturated rings. The Morgan fingerprint density at radius 3 is 2.57 bits per heavy atom. The van der Waals surface area contributed by atoms with Gasteiger partial charge in [0.15, 0.2) is 11.5 Å². The first-order chi connectivity index (χ1) is 14.4. The minimum absolute atomic E-state index is 0.0168. The molecule has 0 bridgehead atoms. The Morgan fingerprint density at radius 2 is 1.93 bits per heavy atom. The Morgan fingerprint density at radius 1 is 1.17 bits per heavy atom. The molecule has 0 amide bonds. The van der Waals surface area contributed by atoms with E-state index in [2.05, 4.69) is 10.3 Å². The third-order valence-electron chi connectivity index (χ3n) is 4.27. The minimum Gasteiger partial charge on any atom is -0.493 e. The lowest BCUT2D eigenvalue weighted by molar-refractivity contribution is 0.354. The molecule has 0 aliphatic heterocycles. The Kier molecular flexibility index (Phi) is 7.12. The standard InChI is InChI=1S/C21H22ClFN4O2S/c1-13-10-20(24)27(30-13)21(26-15-5-6-17(23)16(22)12-15)25-9-8-14-4-7-18(28-2)19(11-14)29-3/h4-7,10-12,24H,8-9H2,1-3H3,(H,25,26). The lowest BCUT2D eigenvalue weighted by atomic mass is 10.1. The van der Waals surface area contributed by atoms with Crippen LogP contribution < -0.4 is 20.3 Å². The fourth-order valence-electron chi connectivity index (χ4n) is 2.81. The largest absolute Gasteiger partial charge is 0.493 e. The van der Waals surface area contributed by atoms with E-state index in [4.69, 9.17) is 26.5 Å². The number of aliphatic imine (C=N–C) groups is 1. The highest BCUT2D eigenvalue weighted by molar-refractivity contribution is 7.07. The average molecular weight is 449 g/mol. The van der Waals surface area contributed by atoms with Gasteiger partial charge in [-0.3, -0.25) is 10.4 Å². The molecule has 0 spiro atoms. The molecule has 0 radical (unpaired) electrons. The van der Waals surface area contributed by atoms with Gasteiger partial charge in [0.2, 0.25) is 5.96 Å². The number of nitrogens with zero attached hydrogens (tertiary/aromatic N) is 2. The summed E-state index contributed by atoms with van der Waals surface area (Å²) < 4.78 is 25.8. The monoisotopic (exact) mass is 448 g/mol. The van der Waals surface area contributed by atoms with Crippen LogP contribution in [-0.4, -0.2) is 30.7 Å². The Labute approximate surface area is 183 Å². The molecule has 0 unspecified atom stereocenters. The van der Waals surface area contributed by atoms with Gasteiger partial charge in [-0.1, -0.05) is 29.2 Å². The van der Waals surface area contributed by atoms with Crippen LogP contribution in [0.5, 0.6) is 11.5 Å². The van der Waals surface area contributed by atoms with Crippen molar-refractivity contribution >= 4 is 34.8 Å². The van der Waals surface area contributed by atoms with Crippen molar-refractivity contribution in [3.05, 3.63) is 69.2 Å². The topological polar surface area (TPSA) is 71.6 Å². The third-order valence-corrected chi connectivity index (χ3v) is 5.52. The van der Waals surface area contributed by atoms with Crippen LogP contribution in [0.3, 0.4) is 0 Å². The van der Waals surface area contributed by atoms with Gasteiger partial charge in [0.1, 0.15) is 11.3 Å². The summed E-state index contributed by atoms with van der Waals surface area (Å²) in [5.41, 5.74) is 1.94. The molecule has 0 aliphatic rings. The molecule has 2 aromatic carbocycles. The average Bonchev–Trinajstić information content (AvgIpc) is 3.07. The number of hydrogen-bond acceptors (Lipinski definition) is 5. The number of rotatable bonds is 6. The first-order valence-corrected chi connectivity index (χ1v) is 10.3. The second kappa shape index (κ2) is 9.77. The number of methoxy groups -OCH3 is 2. The molecule has 30 heavy (non-hydrogen) atoms. The van der Waals surface area contributed by atoms with Gasteiger partial charge in [0, 0.05) is 17.1 Å². The molecule has 1 aromatic heterocycles. The number of anilines is 1. The van der Waals surface area contributed by atoms with Crippen molar-refractivity contribution in [3.63, 3.8) is 0 Å². The third kappa shape index (κ3) is 5.20. The van der Waals surface area contributed by atoms with Gasteiger partial charge >= 0.3 is 0 Å². The molecule has 0 saturated heterocycles. The maximum Gasteiger partial charge on any atom is 0.218 e. The maximum atomic E-state index is 13.5. The molecule has 1 heterocycles. The normalized spacial score (nSPS) is 11.4. The van der Waals surface area contributed by atoms with E-state index in [1.54, 1.807) is 30.3 Å². The summed E-state index contributed by atoms with van der Waals surface area (Å²) in [6.07, 6.45) is 0.661. The Bertz CT molecular complexity index is 1130. The number of aromatic nitrogens is 1. The molecular formula is C21H22ClFN4O2S. The molecule has 0 aliphatic carbocycles. The van der Waals surface area contributed by atoms with Crippen molar-refractivity contribution < 1.29 is 13.9 Å². The fraction of sp³-hybridized carbons (Fsp3) is 0.238. The summed E-state index contributed by atoms with van der Waals surface area (Å²) in [5.74, 6) is 1.31. The van der Waals surface area contributed by atoms with Gasteiger partial charge in [-0.05, 0) is 55.3 Å². The highest BCUT2D eigenvalue weighted by atomic mass is 35.5. The summed E-state index contributed by atoms with van der Waals surface area (Å²) in [7, 11) is 3.20. The number of halogens is 2. The van der Waals surface area contributed by atoms with E-state index in [-0.39, 0.29) is 5.02 Å². The molecule has 3 rings (SSSR count). The van der Waals surface area contributed by atoms with Crippen LogP contribution in [0, 0.1) is 18.2 Å². The van der Waals surface area contributed by atoms with Crippen LogP contribution >= 0.6 is 23.1 Å². The van der Waals surface area contributed by atoms with Crippen molar-refractivity contribution in [3.8, 4) is 11.5 Å². The predicted molar refractivity (Wildman–Crippen MR) is 119 cm³/mol. The lowest BCUT2D eigenvalue weighted by Crippen LogP contribution is -2.28. The molecule has 2 N–H and O–H groups in total. The minimum atomic E-state index is -0.491. The van der Waals surface area contributed by atoms with Crippen LogP contribution in [0.25, 0.3) is 0 Å². The number of benzene rings is 2. The summed E-state index contributed by atoms with van der Waals surface area (Å²) in [4.78, 5) is 5.64. The Hall–Kier alpha value is -2.84. The molecule has 9 heteroatoms. The summed E-state index contributed by atoms with van der Waals surface area (Å²) in [6, 6.07) is 11.9. The molecule has 0 saturated carbocycles. The summed E-state index contributed by atoms with van der Waals surface area (Å²) in [5, 5.41) is 11.4. The SMILES string of the molecule is COc1ccc(CCN=C(Nc2ccc(F)c(Cl)c2)n2sc(C)cc2=N)cc1OC. The quantitative estimate of drug-likeness (QED) is 0.424. The van der Waals surface area contributed by atoms with E-state index in [0.29, 0.717) is 41.6 Å². The van der Waals surface area contributed by atoms with Gasteiger partial charge in [0.05, 0.1) is 19.2 Å². The van der Waals surface area contributed by atoms with Crippen molar-refractivity contribution in [2.45, 2.75) is 13.3 Å². The fourth-order valence-corrected chi connectivity index (χ4v) is 3.79. The van der Waals surface area contributed by atoms with Gasteiger partial charge in [-0.2, -0.15) is 0 Å². The zero-order valence-corrected chi connectivity index (χ0v) is 18.4. The molecule has 0 atom stereocenters. The second-order valence-electron chi connectivity index (χ2n) is 6.42. The number of nitrogens with one attached hydrogen (secondary N) is 2. The zero-order valence-electron chi connectivity index (χ0n) is 16.8. The van der Waals surface area contributed by atoms with E-state index < -0.39 is 5.82 Å². The van der Waals surface area contributed by atoms with Crippen LogP contribution in [0.2, 0.25) is 5.02 Å². The second-order valence-corrected chi connectivity index (χ2v) is 8.02. The van der Waals surface area contributed by atoms with Gasteiger partial charge in [0.25, 0.3) is 0 Å². The summed E-state index contributed by atoms with van der Waals surface area (Å²) >= 11 is 7.30. The highest BCUT2D eigenvalue weighted by Crippen LogP contribution is 2.27. The predicted octanol–water partition coefficient (Wildman–Crippen LogP) is 4.71. The van der Waals surface area contributed by atoms with E-state index >= 15 is 0 Å². The van der Waals surface area contributed by atoms with Gasteiger partial charge in [-0.15, -0.1) is 0 Å². The zero-order chi connectivity index (χ0) is 21.7. The number of hydrogen-bond donors (Lipinski definition) is 2. The summed E-state index contributed by atoms with van der Waals surface area (Å²) in [6.45, 7) is 2.39. The molecule has 3 aromatic rings. The Balaban J connectivity index is 1.84. The number of ether oxygens (including phenoxy) is 2. The van der Waals surface area contributed by atoms with Crippen LogP contribution in [-0.2, 0) is 6.42 Å². The smallest absolute Gasteiger partial charge is 0.218 e. The van der Waals surface area contributed by atoms with E-state index in [9.17, 15) is 4.39 Å². The maximum absolute atomic E-state index is 13.5. The highest BCUT2D eigenvalue weighted by Gasteiger charge is 2.10. The van der Waals surface area contributed by atoms with Gasteiger partial charge in [-0.25, -0.2) is 8.35 Å². The van der Waals surface area contributed by atoms with E-state index in [1.165, 1.54) is 23.7 Å². The van der Waals surface area contributed by atoms with E-state index in [0.717, 1.165) is 10.4 Å². The van der Waals surface area contributed by atoms with Crippen LogP contribution in [0.4, 0.5) is 10.1 Å². The van der Waals surface area contributed by atoms with Crippen LogP contribution in [0.1, 0.15) is 10.4 Å². The molecule has 158 valence electrons.